The van der Waals surface area contributed by atoms with Gasteiger partial charge in [-0.25, -0.2) is 0 Å². The minimum absolute atomic E-state index is 0.0522. The van der Waals surface area contributed by atoms with Crippen molar-refractivity contribution in [3.8, 4) is 17.2 Å². The summed E-state index contributed by atoms with van der Waals surface area (Å²) in [5.74, 6) is -0.870. The normalized spacial score (nSPS) is 13.3. The molecule has 0 amide bonds. The third-order valence-corrected chi connectivity index (χ3v) is 4.98. The van der Waals surface area contributed by atoms with Crippen LogP contribution in [0.4, 0.5) is 13.2 Å². The standard InChI is InChI=1S/C17H25F3O5S/c1-5-6-7-8-9-12(2)13-10-11-14(23-3)16(15(13)24-4)25-26(21,22)17(18,19)20/h10-12H,5-9H2,1-4H3. The van der Waals surface area contributed by atoms with Crippen LogP contribution in [0.1, 0.15) is 57.4 Å². The number of rotatable bonds is 10. The highest BCUT2D eigenvalue weighted by Crippen LogP contribution is 2.45. The second-order valence-electron chi connectivity index (χ2n) is 5.95. The largest absolute Gasteiger partial charge is 0.534 e. The molecule has 0 bridgehead atoms. The zero-order valence-corrected chi connectivity index (χ0v) is 16.2. The van der Waals surface area contributed by atoms with Gasteiger partial charge in [0.1, 0.15) is 0 Å². The quantitative estimate of drug-likeness (QED) is 0.315. The highest BCUT2D eigenvalue weighted by molar-refractivity contribution is 7.88. The number of alkyl halides is 3. The van der Waals surface area contributed by atoms with Crippen LogP contribution < -0.4 is 13.7 Å². The molecule has 0 aromatic heterocycles. The van der Waals surface area contributed by atoms with Crippen LogP contribution in [0.2, 0.25) is 0 Å². The predicted molar refractivity (Wildman–Crippen MR) is 92.3 cm³/mol. The molecule has 0 spiro atoms. The average Bonchev–Trinajstić information content (AvgIpc) is 2.56. The Bertz CT molecular complexity index is 686. The molecule has 0 aliphatic carbocycles. The zero-order chi connectivity index (χ0) is 20.0. The number of unbranched alkanes of at least 4 members (excludes halogenated alkanes) is 3. The van der Waals surface area contributed by atoms with Crippen LogP contribution in [0, 0.1) is 0 Å². The smallest absolute Gasteiger partial charge is 0.493 e. The number of ether oxygens (including phenoxy) is 2. The lowest BCUT2D eigenvalue weighted by atomic mass is 9.93. The molecule has 0 aliphatic rings. The molecule has 1 atom stereocenters. The van der Waals surface area contributed by atoms with Crippen LogP contribution in [-0.2, 0) is 10.1 Å². The van der Waals surface area contributed by atoms with Crippen molar-refractivity contribution >= 4 is 10.1 Å². The lowest BCUT2D eigenvalue weighted by molar-refractivity contribution is -0.0501. The van der Waals surface area contributed by atoms with Gasteiger partial charge in [0.15, 0.2) is 11.5 Å². The van der Waals surface area contributed by atoms with Gasteiger partial charge in [0.25, 0.3) is 0 Å². The third-order valence-electron chi connectivity index (χ3n) is 4.03. The highest BCUT2D eigenvalue weighted by Gasteiger charge is 2.49. The molecule has 0 fully saturated rings. The summed E-state index contributed by atoms with van der Waals surface area (Å²) in [6, 6.07) is 3.02. The molecule has 1 aromatic carbocycles. The number of hydrogen-bond donors (Lipinski definition) is 0. The monoisotopic (exact) mass is 398 g/mol. The van der Waals surface area contributed by atoms with Crippen LogP contribution in [0.5, 0.6) is 17.2 Å². The van der Waals surface area contributed by atoms with E-state index in [0.717, 1.165) is 32.1 Å². The van der Waals surface area contributed by atoms with E-state index in [2.05, 4.69) is 11.1 Å². The van der Waals surface area contributed by atoms with Gasteiger partial charge in [-0.05, 0) is 18.4 Å². The Balaban J connectivity index is 3.24. The first-order valence-corrected chi connectivity index (χ1v) is 9.75. The summed E-state index contributed by atoms with van der Waals surface area (Å²) in [6.45, 7) is 4.00. The van der Waals surface area contributed by atoms with E-state index in [1.807, 2.05) is 6.92 Å². The summed E-state index contributed by atoms with van der Waals surface area (Å²) in [5.41, 5.74) is -4.98. The molecule has 26 heavy (non-hydrogen) atoms. The maximum Gasteiger partial charge on any atom is 0.534 e. The SMILES string of the molecule is CCCCCCC(C)c1ccc(OC)c(OS(=O)(=O)C(F)(F)F)c1OC. The van der Waals surface area contributed by atoms with Gasteiger partial charge in [-0.1, -0.05) is 45.6 Å². The molecule has 1 aromatic rings. The van der Waals surface area contributed by atoms with E-state index >= 15 is 0 Å². The van der Waals surface area contributed by atoms with Crippen LogP contribution >= 0.6 is 0 Å². The predicted octanol–water partition coefficient (Wildman–Crippen LogP) is 5.01. The summed E-state index contributed by atoms with van der Waals surface area (Å²) in [4.78, 5) is 0. The van der Waals surface area contributed by atoms with Gasteiger partial charge in [-0.2, -0.15) is 21.6 Å². The lowest BCUT2D eigenvalue weighted by Gasteiger charge is -2.20. The van der Waals surface area contributed by atoms with Crippen molar-refractivity contribution in [2.75, 3.05) is 14.2 Å². The zero-order valence-electron chi connectivity index (χ0n) is 15.4. The second-order valence-corrected chi connectivity index (χ2v) is 7.49. The minimum atomic E-state index is -5.84. The van der Waals surface area contributed by atoms with E-state index in [4.69, 9.17) is 9.47 Å². The fourth-order valence-corrected chi connectivity index (χ4v) is 3.06. The average molecular weight is 398 g/mol. The summed E-state index contributed by atoms with van der Waals surface area (Å²) >= 11 is 0. The van der Waals surface area contributed by atoms with Gasteiger partial charge >= 0.3 is 15.6 Å². The molecule has 0 radical (unpaired) electrons. The summed E-state index contributed by atoms with van der Waals surface area (Å²) < 4.78 is 75.4. The summed E-state index contributed by atoms with van der Waals surface area (Å²) in [5, 5.41) is 0. The number of methoxy groups -OCH3 is 2. The van der Waals surface area contributed by atoms with Gasteiger partial charge in [0, 0.05) is 5.56 Å². The molecule has 0 saturated heterocycles. The third kappa shape index (κ3) is 5.43. The Morgan fingerprint density at radius 1 is 1.04 bits per heavy atom. The van der Waals surface area contributed by atoms with Crippen molar-refractivity contribution in [3.63, 3.8) is 0 Å². The van der Waals surface area contributed by atoms with E-state index in [9.17, 15) is 21.6 Å². The van der Waals surface area contributed by atoms with E-state index in [0.29, 0.717) is 5.56 Å². The second kappa shape index (κ2) is 9.34. The van der Waals surface area contributed by atoms with E-state index in [-0.39, 0.29) is 17.4 Å². The van der Waals surface area contributed by atoms with Crippen molar-refractivity contribution in [1.82, 2.24) is 0 Å². The van der Waals surface area contributed by atoms with E-state index < -0.39 is 21.4 Å². The molecular weight excluding hydrogens is 373 g/mol. The lowest BCUT2D eigenvalue weighted by Crippen LogP contribution is -2.28. The first kappa shape index (κ1) is 22.4. The maximum atomic E-state index is 12.7. The van der Waals surface area contributed by atoms with Crippen molar-refractivity contribution in [1.29, 1.82) is 0 Å². The van der Waals surface area contributed by atoms with Crippen molar-refractivity contribution in [2.45, 2.75) is 57.4 Å². The van der Waals surface area contributed by atoms with E-state index in [1.165, 1.54) is 20.3 Å². The van der Waals surface area contributed by atoms with Gasteiger partial charge in [0.2, 0.25) is 5.75 Å². The fourth-order valence-electron chi connectivity index (χ4n) is 2.59. The Morgan fingerprint density at radius 3 is 2.19 bits per heavy atom. The van der Waals surface area contributed by atoms with Gasteiger partial charge < -0.3 is 13.7 Å². The molecule has 1 unspecified atom stereocenters. The minimum Gasteiger partial charge on any atom is -0.493 e. The highest BCUT2D eigenvalue weighted by atomic mass is 32.2. The Morgan fingerprint density at radius 2 is 1.69 bits per heavy atom. The number of benzene rings is 1. The molecule has 0 saturated carbocycles. The van der Waals surface area contributed by atoms with Crippen molar-refractivity contribution in [3.05, 3.63) is 17.7 Å². The summed E-state index contributed by atoms with van der Waals surface area (Å²) in [6.07, 6.45) is 4.97. The first-order valence-electron chi connectivity index (χ1n) is 8.34. The Kier molecular flexibility index (Phi) is 8.05. The van der Waals surface area contributed by atoms with Crippen LogP contribution in [-0.4, -0.2) is 28.1 Å². The molecule has 1 rings (SSSR count). The molecule has 0 N–H and O–H groups in total. The molecule has 0 aliphatic heterocycles. The van der Waals surface area contributed by atoms with Gasteiger partial charge in [-0.3, -0.25) is 0 Å². The molecule has 9 heteroatoms. The Hall–Kier alpha value is -1.64. The maximum absolute atomic E-state index is 12.7. The number of hydrogen-bond acceptors (Lipinski definition) is 5. The van der Waals surface area contributed by atoms with Crippen molar-refractivity contribution in [2.24, 2.45) is 0 Å². The summed E-state index contributed by atoms with van der Waals surface area (Å²) in [7, 11) is -3.39. The Labute approximate surface area is 152 Å². The fraction of sp³-hybridized carbons (Fsp3) is 0.647. The molecule has 0 heterocycles. The van der Waals surface area contributed by atoms with Crippen LogP contribution in [0.25, 0.3) is 0 Å². The first-order chi connectivity index (χ1) is 12.1. The van der Waals surface area contributed by atoms with Crippen LogP contribution in [0.15, 0.2) is 12.1 Å². The van der Waals surface area contributed by atoms with Gasteiger partial charge in [-0.15, -0.1) is 0 Å². The number of halogens is 3. The molecular formula is C17H25F3O5S. The van der Waals surface area contributed by atoms with Gasteiger partial charge in [0.05, 0.1) is 14.2 Å². The van der Waals surface area contributed by atoms with E-state index in [1.54, 1.807) is 6.07 Å². The molecule has 150 valence electrons. The topological polar surface area (TPSA) is 61.8 Å². The van der Waals surface area contributed by atoms with Crippen LogP contribution in [0.3, 0.4) is 0 Å². The molecule has 5 nitrogen and oxygen atoms in total. The van der Waals surface area contributed by atoms with Crippen molar-refractivity contribution < 1.29 is 35.2 Å².